The maximum absolute atomic E-state index is 12.8. The van der Waals surface area contributed by atoms with Crippen LogP contribution in [0.3, 0.4) is 0 Å². The van der Waals surface area contributed by atoms with Crippen molar-refractivity contribution in [1.82, 2.24) is 0 Å². The highest BCUT2D eigenvalue weighted by molar-refractivity contribution is 6.36. The SMILES string of the molecule is CCOC(=O)/C=C1/C(=O)N(c2ccccc2)c2ccccc21. The molecule has 0 aromatic heterocycles. The van der Waals surface area contributed by atoms with Crippen molar-refractivity contribution in [1.29, 1.82) is 0 Å². The van der Waals surface area contributed by atoms with E-state index >= 15 is 0 Å². The molecule has 1 aliphatic rings. The van der Waals surface area contributed by atoms with Crippen LogP contribution < -0.4 is 4.90 Å². The predicted octanol–water partition coefficient (Wildman–Crippen LogP) is 3.31. The third-order valence-corrected chi connectivity index (χ3v) is 3.43. The van der Waals surface area contributed by atoms with Crippen molar-refractivity contribution in [3.8, 4) is 0 Å². The van der Waals surface area contributed by atoms with E-state index in [4.69, 9.17) is 4.74 Å². The lowest BCUT2D eigenvalue weighted by molar-refractivity contribution is -0.137. The van der Waals surface area contributed by atoms with Crippen molar-refractivity contribution >= 4 is 28.8 Å². The quantitative estimate of drug-likeness (QED) is 0.644. The van der Waals surface area contributed by atoms with E-state index < -0.39 is 5.97 Å². The predicted molar refractivity (Wildman–Crippen MR) is 84.6 cm³/mol. The lowest BCUT2D eigenvalue weighted by Crippen LogP contribution is -2.20. The van der Waals surface area contributed by atoms with Gasteiger partial charge in [-0.25, -0.2) is 4.79 Å². The zero-order valence-corrected chi connectivity index (χ0v) is 12.2. The lowest BCUT2D eigenvalue weighted by atomic mass is 10.1. The van der Waals surface area contributed by atoms with Crippen molar-refractivity contribution in [2.45, 2.75) is 6.92 Å². The Morgan fingerprint density at radius 3 is 2.50 bits per heavy atom. The van der Waals surface area contributed by atoms with E-state index in [1.807, 2.05) is 54.6 Å². The molecule has 1 heterocycles. The molecule has 22 heavy (non-hydrogen) atoms. The number of hydrogen-bond acceptors (Lipinski definition) is 3. The van der Waals surface area contributed by atoms with Crippen LogP contribution in [0.1, 0.15) is 12.5 Å². The second-order valence-corrected chi connectivity index (χ2v) is 4.80. The Morgan fingerprint density at radius 2 is 1.77 bits per heavy atom. The van der Waals surface area contributed by atoms with Crippen molar-refractivity contribution in [3.63, 3.8) is 0 Å². The third-order valence-electron chi connectivity index (χ3n) is 3.43. The summed E-state index contributed by atoms with van der Waals surface area (Å²) in [5.41, 5.74) is 2.64. The van der Waals surface area contributed by atoms with E-state index in [0.717, 1.165) is 16.9 Å². The second-order valence-electron chi connectivity index (χ2n) is 4.80. The third kappa shape index (κ3) is 2.39. The van der Waals surface area contributed by atoms with Gasteiger partial charge in [0.1, 0.15) is 0 Å². The number of anilines is 2. The Bertz CT molecular complexity index is 750. The summed E-state index contributed by atoms with van der Waals surface area (Å²) in [6.07, 6.45) is 1.27. The van der Waals surface area contributed by atoms with Crippen molar-refractivity contribution in [2.24, 2.45) is 0 Å². The van der Waals surface area contributed by atoms with Gasteiger partial charge < -0.3 is 4.74 Å². The summed E-state index contributed by atoms with van der Waals surface area (Å²) in [6.45, 7) is 2.01. The number of nitrogens with zero attached hydrogens (tertiary/aromatic N) is 1. The fourth-order valence-electron chi connectivity index (χ4n) is 2.52. The molecule has 2 aromatic rings. The number of fused-ring (bicyclic) bond motifs is 1. The average molecular weight is 293 g/mol. The Hall–Kier alpha value is -2.88. The molecule has 0 saturated heterocycles. The van der Waals surface area contributed by atoms with Gasteiger partial charge in [-0.05, 0) is 25.1 Å². The van der Waals surface area contributed by atoms with E-state index in [0.29, 0.717) is 5.57 Å². The summed E-state index contributed by atoms with van der Waals surface area (Å²) in [4.78, 5) is 26.1. The molecule has 1 amide bonds. The molecule has 3 rings (SSSR count). The molecule has 0 saturated carbocycles. The minimum absolute atomic E-state index is 0.222. The van der Waals surface area contributed by atoms with Gasteiger partial charge in [0.25, 0.3) is 5.91 Å². The lowest BCUT2D eigenvalue weighted by Gasteiger charge is -2.16. The first kappa shape index (κ1) is 14.1. The molecule has 0 atom stereocenters. The standard InChI is InChI=1S/C18H15NO3/c1-2-22-17(20)12-15-14-10-6-7-11-16(14)19(18(15)21)13-8-4-3-5-9-13/h3-12H,2H2,1H3/b15-12+. The minimum Gasteiger partial charge on any atom is -0.463 e. The highest BCUT2D eigenvalue weighted by atomic mass is 16.5. The molecule has 1 aliphatic heterocycles. The van der Waals surface area contributed by atoms with Gasteiger partial charge in [0.2, 0.25) is 0 Å². The van der Waals surface area contributed by atoms with Crippen LogP contribution in [0.4, 0.5) is 11.4 Å². The number of amides is 1. The summed E-state index contributed by atoms with van der Waals surface area (Å²) < 4.78 is 4.92. The summed E-state index contributed by atoms with van der Waals surface area (Å²) >= 11 is 0. The van der Waals surface area contributed by atoms with Crippen LogP contribution in [0.2, 0.25) is 0 Å². The maximum Gasteiger partial charge on any atom is 0.331 e. The summed E-state index contributed by atoms with van der Waals surface area (Å²) in [5.74, 6) is -0.726. The molecule has 0 unspecified atom stereocenters. The first-order chi connectivity index (χ1) is 10.7. The molecule has 0 spiro atoms. The van der Waals surface area contributed by atoms with E-state index in [-0.39, 0.29) is 12.5 Å². The van der Waals surface area contributed by atoms with E-state index in [9.17, 15) is 9.59 Å². The Kier molecular flexibility index (Phi) is 3.74. The fourth-order valence-corrected chi connectivity index (χ4v) is 2.52. The molecule has 4 nitrogen and oxygen atoms in total. The first-order valence-electron chi connectivity index (χ1n) is 7.09. The molecule has 0 bridgehead atoms. The molecule has 0 N–H and O–H groups in total. The Morgan fingerprint density at radius 1 is 1.09 bits per heavy atom. The topological polar surface area (TPSA) is 46.6 Å². The number of esters is 1. The number of ether oxygens (including phenoxy) is 1. The van der Waals surface area contributed by atoms with Crippen LogP contribution >= 0.6 is 0 Å². The van der Waals surface area contributed by atoms with Crippen LogP contribution in [0.25, 0.3) is 5.57 Å². The highest BCUT2D eigenvalue weighted by Gasteiger charge is 2.33. The van der Waals surface area contributed by atoms with Crippen molar-refractivity contribution < 1.29 is 14.3 Å². The second kappa shape index (κ2) is 5.85. The number of benzene rings is 2. The summed E-state index contributed by atoms with van der Waals surface area (Å²) in [5, 5.41) is 0. The smallest absolute Gasteiger partial charge is 0.331 e. The van der Waals surface area contributed by atoms with Crippen molar-refractivity contribution in [2.75, 3.05) is 11.5 Å². The van der Waals surface area contributed by atoms with Gasteiger partial charge in [-0.2, -0.15) is 0 Å². The molecule has 0 fully saturated rings. The first-order valence-corrected chi connectivity index (χ1v) is 7.09. The van der Waals surface area contributed by atoms with E-state index in [1.165, 1.54) is 6.08 Å². The number of hydrogen-bond donors (Lipinski definition) is 0. The number of para-hydroxylation sites is 2. The summed E-state index contributed by atoms with van der Waals surface area (Å²) in [6, 6.07) is 16.8. The van der Waals surface area contributed by atoms with Crippen LogP contribution in [-0.2, 0) is 14.3 Å². The average Bonchev–Trinajstić information content (AvgIpc) is 2.81. The Balaban J connectivity index is 2.09. The van der Waals surface area contributed by atoms with Gasteiger partial charge in [0.05, 0.1) is 17.9 Å². The fraction of sp³-hybridized carbons (Fsp3) is 0.111. The van der Waals surface area contributed by atoms with Crippen LogP contribution in [0.5, 0.6) is 0 Å². The minimum atomic E-state index is -0.504. The molecule has 4 heteroatoms. The Labute approximate surface area is 128 Å². The maximum atomic E-state index is 12.8. The number of carbonyl (C=O) groups excluding carboxylic acids is 2. The largest absolute Gasteiger partial charge is 0.463 e. The molecule has 2 aromatic carbocycles. The van der Waals surface area contributed by atoms with Gasteiger partial charge >= 0.3 is 5.97 Å². The zero-order chi connectivity index (χ0) is 15.5. The zero-order valence-electron chi connectivity index (χ0n) is 12.2. The normalized spacial score (nSPS) is 15.0. The molecule has 110 valence electrons. The van der Waals surface area contributed by atoms with Gasteiger partial charge in [0, 0.05) is 17.3 Å². The number of rotatable bonds is 3. The van der Waals surface area contributed by atoms with Crippen LogP contribution in [-0.4, -0.2) is 18.5 Å². The van der Waals surface area contributed by atoms with Gasteiger partial charge in [-0.3, -0.25) is 9.69 Å². The molecule has 0 aliphatic carbocycles. The van der Waals surface area contributed by atoms with E-state index in [1.54, 1.807) is 11.8 Å². The van der Waals surface area contributed by atoms with Crippen molar-refractivity contribution in [3.05, 3.63) is 66.2 Å². The highest BCUT2D eigenvalue weighted by Crippen LogP contribution is 2.41. The monoisotopic (exact) mass is 293 g/mol. The van der Waals surface area contributed by atoms with Gasteiger partial charge in [-0.15, -0.1) is 0 Å². The summed E-state index contributed by atoms with van der Waals surface area (Å²) in [7, 11) is 0. The van der Waals surface area contributed by atoms with E-state index in [2.05, 4.69) is 0 Å². The molecular weight excluding hydrogens is 278 g/mol. The number of carbonyl (C=O) groups is 2. The van der Waals surface area contributed by atoms with Crippen LogP contribution in [0.15, 0.2) is 60.7 Å². The van der Waals surface area contributed by atoms with Gasteiger partial charge in [-0.1, -0.05) is 36.4 Å². The molecule has 0 radical (unpaired) electrons. The van der Waals surface area contributed by atoms with Gasteiger partial charge in [0.15, 0.2) is 0 Å². The molecular formula is C18H15NO3. The van der Waals surface area contributed by atoms with Crippen LogP contribution in [0, 0.1) is 0 Å².